The second-order valence-electron chi connectivity index (χ2n) is 8.55. The molecule has 178 valence electrons. The van der Waals surface area contributed by atoms with Gasteiger partial charge in [0.15, 0.2) is 0 Å². The van der Waals surface area contributed by atoms with Gasteiger partial charge in [-0.25, -0.2) is 27.4 Å². The van der Waals surface area contributed by atoms with Crippen LogP contribution >= 0.6 is 0 Å². The number of ether oxygens (including phenoxy) is 1. The molecule has 2 aliphatic rings. The summed E-state index contributed by atoms with van der Waals surface area (Å²) in [6.45, 7) is 0.718. The first-order valence-corrected chi connectivity index (χ1v) is 12.4. The molecule has 10 heteroatoms. The smallest absolute Gasteiger partial charge is 0.249 e. The van der Waals surface area contributed by atoms with E-state index in [2.05, 4.69) is 0 Å². The van der Waals surface area contributed by atoms with E-state index in [1.165, 1.54) is 29.3 Å². The molecule has 0 unspecified atom stereocenters. The van der Waals surface area contributed by atoms with Crippen molar-refractivity contribution in [2.45, 2.75) is 43.0 Å². The van der Waals surface area contributed by atoms with E-state index in [1.807, 2.05) is 0 Å². The first-order chi connectivity index (χ1) is 15.7. The average Bonchev–Trinajstić information content (AvgIpc) is 3.27. The number of hydroxylamine groups is 2. The lowest BCUT2D eigenvalue weighted by Crippen LogP contribution is -2.37. The normalized spacial score (nSPS) is 23.5. The Hall–Kier alpha value is -2.56. The summed E-state index contributed by atoms with van der Waals surface area (Å²) in [5.41, 5.74) is 0.391. The molecule has 1 atom stereocenters. The van der Waals surface area contributed by atoms with Crippen molar-refractivity contribution < 1.29 is 31.6 Å². The fraction of sp³-hybridized carbons (Fsp3) is 0.435. The SMILES string of the molecule is NS(=O)(=O)c1cccc(OC[C@H]2CC[C@H](C(=O)N3OCC[C@H]3c3cc(F)cc(F)c3)CC2)c1. The number of carbonyl (C=O) groups excluding carboxylic acids is 1. The van der Waals surface area contributed by atoms with E-state index in [9.17, 15) is 22.0 Å². The molecule has 33 heavy (non-hydrogen) atoms. The van der Waals surface area contributed by atoms with Crippen LogP contribution in [0.25, 0.3) is 0 Å². The monoisotopic (exact) mass is 480 g/mol. The van der Waals surface area contributed by atoms with E-state index in [-0.39, 0.29) is 22.6 Å². The van der Waals surface area contributed by atoms with Crippen LogP contribution in [0.2, 0.25) is 0 Å². The summed E-state index contributed by atoms with van der Waals surface area (Å²) in [4.78, 5) is 18.6. The van der Waals surface area contributed by atoms with E-state index < -0.39 is 27.7 Å². The van der Waals surface area contributed by atoms with Crippen LogP contribution < -0.4 is 9.88 Å². The number of halogens is 2. The zero-order chi connectivity index (χ0) is 23.6. The van der Waals surface area contributed by atoms with Crippen molar-refractivity contribution in [2.24, 2.45) is 17.0 Å². The van der Waals surface area contributed by atoms with Gasteiger partial charge in [0, 0.05) is 24.5 Å². The molecule has 1 saturated heterocycles. The summed E-state index contributed by atoms with van der Waals surface area (Å²) < 4.78 is 56.0. The highest BCUT2D eigenvalue weighted by atomic mass is 32.2. The minimum absolute atomic E-state index is 0.00680. The minimum atomic E-state index is -3.80. The molecule has 2 fully saturated rings. The van der Waals surface area contributed by atoms with Crippen LogP contribution in [-0.2, 0) is 19.7 Å². The molecule has 1 aliphatic heterocycles. The van der Waals surface area contributed by atoms with Crippen LogP contribution in [0, 0.1) is 23.5 Å². The van der Waals surface area contributed by atoms with Crippen molar-refractivity contribution >= 4 is 15.9 Å². The second kappa shape index (κ2) is 9.74. The van der Waals surface area contributed by atoms with Gasteiger partial charge < -0.3 is 4.74 Å². The Kier molecular flexibility index (Phi) is 6.96. The maximum Gasteiger partial charge on any atom is 0.249 e. The zero-order valence-corrected chi connectivity index (χ0v) is 18.8. The molecule has 1 heterocycles. The van der Waals surface area contributed by atoms with Crippen molar-refractivity contribution in [3.05, 3.63) is 59.7 Å². The summed E-state index contributed by atoms with van der Waals surface area (Å²) in [5, 5.41) is 6.44. The van der Waals surface area contributed by atoms with Crippen molar-refractivity contribution in [3.63, 3.8) is 0 Å². The molecular formula is C23H26F2N2O5S. The van der Waals surface area contributed by atoms with Gasteiger partial charge in [0.2, 0.25) is 15.9 Å². The molecule has 1 saturated carbocycles. The fourth-order valence-corrected chi connectivity index (χ4v) is 5.02. The first-order valence-electron chi connectivity index (χ1n) is 10.9. The van der Waals surface area contributed by atoms with Gasteiger partial charge in [-0.1, -0.05) is 6.07 Å². The zero-order valence-electron chi connectivity index (χ0n) is 18.0. The second-order valence-corrected chi connectivity index (χ2v) is 10.1. The first kappa shape index (κ1) is 23.6. The van der Waals surface area contributed by atoms with Crippen LogP contribution in [0.1, 0.15) is 43.7 Å². The molecule has 0 spiro atoms. The standard InChI is InChI=1S/C23H26F2N2O5S/c24-18-10-17(11-19(25)12-18)22-8-9-32-27(22)23(28)16-6-4-15(5-7-16)14-31-20-2-1-3-21(13-20)33(26,29)30/h1-3,10-13,15-16,22H,4-9,14H2,(H2,26,29,30)/t15-,16-,22-/m0/s1. The molecule has 1 aliphatic carbocycles. The number of carbonyl (C=O) groups is 1. The average molecular weight is 481 g/mol. The van der Waals surface area contributed by atoms with Crippen LogP contribution in [0.5, 0.6) is 5.75 Å². The largest absolute Gasteiger partial charge is 0.493 e. The van der Waals surface area contributed by atoms with Crippen LogP contribution in [0.3, 0.4) is 0 Å². The number of sulfonamides is 1. The molecule has 0 radical (unpaired) electrons. The maximum absolute atomic E-state index is 13.7. The van der Waals surface area contributed by atoms with Gasteiger partial charge in [0.05, 0.1) is 24.2 Å². The number of amides is 1. The van der Waals surface area contributed by atoms with E-state index in [0.717, 1.165) is 18.9 Å². The van der Waals surface area contributed by atoms with Gasteiger partial charge in [0.25, 0.3) is 0 Å². The van der Waals surface area contributed by atoms with Gasteiger partial charge in [-0.3, -0.25) is 9.63 Å². The fourth-order valence-electron chi connectivity index (χ4n) is 4.47. The maximum atomic E-state index is 13.7. The Labute approximate surface area is 191 Å². The summed E-state index contributed by atoms with van der Waals surface area (Å²) >= 11 is 0. The molecule has 0 bridgehead atoms. The van der Waals surface area contributed by atoms with E-state index in [4.69, 9.17) is 14.7 Å². The highest BCUT2D eigenvalue weighted by Gasteiger charge is 2.37. The van der Waals surface area contributed by atoms with E-state index in [1.54, 1.807) is 12.1 Å². The van der Waals surface area contributed by atoms with Gasteiger partial charge in [0.1, 0.15) is 17.4 Å². The molecule has 1 amide bonds. The topological polar surface area (TPSA) is 98.9 Å². The Balaban J connectivity index is 1.32. The van der Waals surface area contributed by atoms with Gasteiger partial charge >= 0.3 is 0 Å². The predicted molar refractivity (Wildman–Crippen MR) is 115 cm³/mol. The lowest BCUT2D eigenvalue weighted by Gasteiger charge is -2.32. The Morgan fingerprint density at radius 2 is 1.76 bits per heavy atom. The van der Waals surface area contributed by atoms with Crippen LogP contribution in [0.15, 0.2) is 47.4 Å². The number of nitrogens with zero attached hydrogens (tertiary/aromatic N) is 1. The van der Waals surface area contributed by atoms with Gasteiger partial charge in [-0.2, -0.15) is 0 Å². The van der Waals surface area contributed by atoms with Crippen LogP contribution in [-0.4, -0.2) is 32.6 Å². The third-order valence-corrected chi connectivity index (χ3v) is 7.12. The molecule has 0 aromatic heterocycles. The highest BCUT2D eigenvalue weighted by molar-refractivity contribution is 7.89. The number of hydrogen-bond donors (Lipinski definition) is 1. The van der Waals surface area contributed by atoms with Gasteiger partial charge in [-0.05, 0) is 61.4 Å². The quantitative estimate of drug-likeness (QED) is 0.680. The van der Waals surface area contributed by atoms with Crippen molar-refractivity contribution in [2.75, 3.05) is 13.2 Å². The number of nitrogens with two attached hydrogens (primary N) is 1. The van der Waals surface area contributed by atoms with Crippen molar-refractivity contribution in [1.82, 2.24) is 5.06 Å². The molecule has 2 N–H and O–H groups in total. The Morgan fingerprint density at radius 1 is 1.06 bits per heavy atom. The predicted octanol–water partition coefficient (Wildman–Crippen LogP) is 3.70. The molecule has 7 nitrogen and oxygen atoms in total. The Morgan fingerprint density at radius 3 is 2.42 bits per heavy atom. The number of benzene rings is 2. The van der Waals surface area contributed by atoms with Crippen molar-refractivity contribution in [1.29, 1.82) is 0 Å². The lowest BCUT2D eigenvalue weighted by atomic mass is 9.81. The summed E-state index contributed by atoms with van der Waals surface area (Å²) in [6.07, 6.45) is 3.30. The number of rotatable bonds is 6. The van der Waals surface area contributed by atoms with E-state index in [0.29, 0.717) is 43.8 Å². The number of primary sulfonamides is 1. The highest BCUT2D eigenvalue weighted by Crippen LogP contribution is 2.36. The summed E-state index contributed by atoms with van der Waals surface area (Å²) in [7, 11) is -3.80. The number of hydrogen-bond acceptors (Lipinski definition) is 5. The summed E-state index contributed by atoms with van der Waals surface area (Å²) in [6, 6.07) is 8.82. The van der Waals surface area contributed by atoms with Gasteiger partial charge in [-0.15, -0.1) is 0 Å². The minimum Gasteiger partial charge on any atom is -0.493 e. The molecular weight excluding hydrogens is 454 g/mol. The third kappa shape index (κ3) is 5.69. The van der Waals surface area contributed by atoms with Crippen molar-refractivity contribution in [3.8, 4) is 5.75 Å². The van der Waals surface area contributed by atoms with Crippen LogP contribution in [0.4, 0.5) is 8.78 Å². The summed E-state index contributed by atoms with van der Waals surface area (Å²) in [5.74, 6) is -1.11. The Bertz CT molecular complexity index is 1100. The molecule has 4 rings (SSSR count). The lowest BCUT2D eigenvalue weighted by molar-refractivity contribution is -0.183. The van der Waals surface area contributed by atoms with E-state index >= 15 is 0 Å². The molecule has 2 aromatic carbocycles. The third-order valence-electron chi connectivity index (χ3n) is 6.21. The molecule has 2 aromatic rings.